The maximum Gasteiger partial charge on any atom is 0.340 e. The van der Waals surface area contributed by atoms with Crippen LogP contribution in [0.15, 0.2) is 47.4 Å². The summed E-state index contributed by atoms with van der Waals surface area (Å²) in [6.45, 7) is 2.29. The van der Waals surface area contributed by atoms with E-state index in [1.54, 1.807) is 0 Å². The number of benzene rings is 2. The minimum absolute atomic E-state index is 0.0723. The van der Waals surface area contributed by atoms with Gasteiger partial charge < -0.3 is 4.74 Å². The number of nitrogens with zero attached hydrogens (tertiary/aromatic N) is 1. The number of esters is 1. The minimum atomic E-state index is -4.22. The summed E-state index contributed by atoms with van der Waals surface area (Å²) in [7, 11) is -4.22. The number of carbonyl (C=O) groups is 2. The molecule has 9 nitrogen and oxygen atoms in total. The molecule has 0 fully saturated rings. The molecule has 2 aromatic carbocycles. The molecule has 0 spiro atoms. The number of Topliss-reactive ketones (excluding diaryl/α,β-unsaturated/α-hetero) is 1. The van der Waals surface area contributed by atoms with Gasteiger partial charge in [0.05, 0.1) is 21.1 Å². The van der Waals surface area contributed by atoms with E-state index in [1.807, 2.05) is 0 Å². The van der Waals surface area contributed by atoms with E-state index in [4.69, 9.17) is 4.74 Å². The van der Waals surface area contributed by atoms with Crippen LogP contribution in [0.1, 0.15) is 22.8 Å². The van der Waals surface area contributed by atoms with Gasteiger partial charge in [-0.05, 0) is 31.5 Å². The molecule has 0 saturated carbocycles. The van der Waals surface area contributed by atoms with Gasteiger partial charge in [0, 0.05) is 12.1 Å². The Morgan fingerprint density at radius 3 is 2.48 bits per heavy atom. The van der Waals surface area contributed by atoms with Crippen LogP contribution in [0.4, 0.5) is 11.4 Å². The summed E-state index contributed by atoms with van der Waals surface area (Å²) in [4.78, 5) is 33.0. The van der Waals surface area contributed by atoms with Crippen LogP contribution in [0, 0.1) is 17.0 Å². The molecule has 0 atom stereocenters. The van der Waals surface area contributed by atoms with Crippen molar-refractivity contribution in [1.29, 1.82) is 0 Å². The summed E-state index contributed by atoms with van der Waals surface area (Å²) in [6, 6.07) is 9.13. The summed E-state index contributed by atoms with van der Waals surface area (Å²) < 4.78 is 32.5. The van der Waals surface area contributed by atoms with Gasteiger partial charge in [-0.25, -0.2) is 13.2 Å². The zero-order valence-electron chi connectivity index (χ0n) is 14.5. The van der Waals surface area contributed by atoms with Gasteiger partial charge in [-0.1, -0.05) is 18.2 Å². The van der Waals surface area contributed by atoms with Gasteiger partial charge in [0.2, 0.25) is 0 Å². The smallest absolute Gasteiger partial charge is 0.340 e. The van der Waals surface area contributed by atoms with Crippen molar-refractivity contribution in [3.05, 3.63) is 63.7 Å². The van der Waals surface area contributed by atoms with E-state index in [0.29, 0.717) is 5.56 Å². The Labute approximate surface area is 155 Å². The fourth-order valence-corrected chi connectivity index (χ4v) is 3.53. The predicted octanol–water partition coefficient (Wildman–Crippen LogP) is 2.45. The highest BCUT2D eigenvalue weighted by Gasteiger charge is 2.23. The van der Waals surface area contributed by atoms with Gasteiger partial charge in [0.25, 0.3) is 15.7 Å². The summed E-state index contributed by atoms with van der Waals surface area (Å²) in [5.41, 5.74) is -0.248. The van der Waals surface area contributed by atoms with Gasteiger partial charge >= 0.3 is 5.97 Å². The lowest BCUT2D eigenvalue weighted by molar-refractivity contribution is -0.385. The van der Waals surface area contributed by atoms with Crippen molar-refractivity contribution in [2.24, 2.45) is 0 Å². The highest BCUT2D eigenvalue weighted by molar-refractivity contribution is 7.92. The standard InChI is InChI=1S/C17H16N2O7S/c1-11-7-8-13(19(22)23)9-16(11)27(24,25)18-15-6-4-3-5-14(15)17(21)26-10-12(2)20/h3-9,18H,10H2,1-2H3. The first-order valence-electron chi connectivity index (χ1n) is 7.65. The molecule has 10 heteroatoms. The second kappa shape index (κ2) is 7.96. The fraction of sp³-hybridized carbons (Fsp3) is 0.176. The second-order valence-electron chi connectivity index (χ2n) is 5.64. The summed E-state index contributed by atoms with van der Waals surface area (Å²) >= 11 is 0. The molecule has 0 aromatic heterocycles. The van der Waals surface area contributed by atoms with Crippen LogP contribution in [-0.2, 0) is 19.6 Å². The van der Waals surface area contributed by atoms with Crippen molar-refractivity contribution < 1.29 is 27.7 Å². The number of hydrogen-bond donors (Lipinski definition) is 1. The minimum Gasteiger partial charge on any atom is -0.454 e. The molecule has 2 rings (SSSR count). The first-order valence-corrected chi connectivity index (χ1v) is 9.13. The Morgan fingerprint density at radius 1 is 1.19 bits per heavy atom. The van der Waals surface area contributed by atoms with Gasteiger partial charge in [-0.2, -0.15) is 0 Å². The summed E-state index contributed by atoms with van der Waals surface area (Å²) in [6.07, 6.45) is 0. The number of nitro groups is 1. The number of carbonyl (C=O) groups excluding carboxylic acids is 2. The zero-order chi connectivity index (χ0) is 20.2. The molecule has 1 N–H and O–H groups in total. The number of non-ortho nitro benzene ring substituents is 1. The first kappa shape index (κ1) is 20.0. The molecule has 0 amide bonds. The number of aryl methyl sites for hydroxylation is 1. The third-order valence-electron chi connectivity index (χ3n) is 3.47. The molecule has 27 heavy (non-hydrogen) atoms. The highest BCUT2D eigenvalue weighted by atomic mass is 32.2. The number of anilines is 1. The van der Waals surface area contributed by atoms with Crippen LogP contribution >= 0.6 is 0 Å². The number of nitrogens with one attached hydrogen (secondary N) is 1. The Hall–Kier alpha value is -3.27. The summed E-state index contributed by atoms with van der Waals surface area (Å²) in [5.74, 6) is -1.24. The SMILES string of the molecule is CC(=O)COC(=O)c1ccccc1NS(=O)(=O)c1cc([N+](=O)[O-])ccc1C. The van der Waals surface area contributed by atoms with E-state index in [1.165, 1.54) is 50.2 Å². The van der Waals surface area contributed by atoms with Crippen molar-refractivity contribution in [1.82, 2.24) is 0 Å². The maximum atomic E-state index is 12.7. The molecule has 0 unspecified atom stereocenters. The normalized spacial score (nSPS) is 10.9. The molecule has 0 radical (unpaired) electrons. The molecule has 0 saturated heterocycles. The zero-order valence-corrected chi connectivity index (χ0v) is 15.3. The second-order valence-corrected chi connectivity index (χ2v) is 7.29. The molecule has 0 heterocycles. The first-order chi connectivity index (χ1) is 12.6. The topological polar surface area (TPSA) is 133 Å². The van der Waals surface area contributed by atoms with E-state index in [2.05, 4.69) is 4.72 Å². The molecule has 0 aliphatic carbocycles. The van der Waals surface area contributed by atoms with E-state index >= 15 is 0 Å². The van der Waals surface area contributed by atoms with E-state index < -0.39 is 27.5 Å². The average Bonchev–Trinajstić information content (AvgIpc) is 2.59. The van der Waals surface area contributed by atoms with Crippen LogP contribution in [0.2, 0.25) is 0 Å². The van der Waals surface area contributed by atoms with Crippen molar-refractivity contribution in [2.75, 3.05) is 11.3 Å². The Balaban J connectivity index is 2.39. The number of hydrogen-bond acceptors (Lipinski definition) is 7. The van der Waals surface area contributed by atoms with Crippen LogP contribution < -0.4 is 4.72 Å². The number of nitro benzene ring substituents is 1. The predicted molar refractivity (Wildman–Crippen MR) is 96.0 cm³/mol. The number of ether oxygens (including phenoxy) is 1. The van der Waals surface area contributed by atoms with Crippen molar-refractivity contribution >= 4 is 33.2 Å². The Bertz CT molecular complexity index is 1020. The number of ketones is 1. The van der Waals surface area contributed by atoms with Gasteiger partial charge in [0.15, 0.2) is 5.78 Å². The van der Waals surface area contributed by atoms with Crippen LogP contribution in [-0.4, -0.2) is 31.7 Å². The molecule has 142 valence electrons. The van der Waals surface area contributed by atoms with Crippen LogP contribution in [0.5, 0.6) is 0 Å². The number of para-hydroxylation sites is 1. The Kier molecular flexibility index (Phi) is 5.91. The molecule has 0 aliphatic rings. The molecular formula is C17H16N2O7S. The Morgan fingerprint density at radius 2 is 1.85 bits per heavy atom. The van der Waals surface area contributed by atoms with E-state index in [9.17, 15) is 28.1 Å². The maximum absolute atomic E-state index is 12.7. The number of rotatable bonds is 7. The molecular weight excluding hydrogens is 376 g/mol. The van der Waals surface area contributed by atoms with Crippen molar-refractivity contribution in [3.63, 3.8) is 0 Å². The number of sulfonamides is 1. The van der Waals surface area contributed by atoms with E-state index in [-0.39, 0.29) is 27.6 Å². The summed E-state index contributed by atoms with van der Waals surface area (Å²) in [5, 5.41) is 10.9. The monoisotopic (exact) mass is 392 g/mol. The third-order valence-corrected chi connectivity index (χ3v) is 4.98. The lowest BCUT2D eigenvalue weighted by Gasteiger charge is -2.13. The lowest BCUT2D eigenvalue weighted by atomic mass is 10.2. The lowest BCUT2D eigenvalue weighted by Crippen LogP contribution is -2.18. The van der Waals surface area contributed by atoms with Crippen molar-refractivity contribution in [2.45, 2.75) is 18.7 Å². The van der Waals surface area contributed by atoms with Gasteiger partial charge in [-0.3, -0.25) is 19.6 Å². The molecule has 0 aliphatic heterocycles. The van der Waals surface area contributed by atoms with E-state index in [0.717, 1.165) is 6.07 Å². The third kappa shape index (κ3) is 4.88. The fourth-order valence-electron chi connectivity index (χ4n) is 2.19. The quantitative estimate of drug-likeness (QED) is 0.435. The largest absolute Gasteiger partial charge is 0.454 e. The molecule has 0 bridgehead atoms. The molecule has 2 aromatic rings. The highest BCUT2D eigenvalue weighted by Crippen LogP contribution is 2.25. The van der Waals surface area contributed by atoms with Gasteiger partial charge in [0.1, 0.15) is 6.61 Å². The van der Waals surface area contributed by atoms with Gasteiger partial charge in [-0.15, -0.1) is 0 Å². The van der Waals surface area contributed by atoms with Crippen LogP contribution in [0.25, 0.3) is 0 Å². The van der Waals surface area contributed by atoms with Crippen molar-refractivity contribution in [3.8, 4) is 0 Å². The van der Waals surface area contributed by atoms with Crippen LogP contribution in [0.3, 0.4) is 0 Å². The average molecular weight is 392 g/mol.